The monoisotopic (exact) mass is 803 g/mol. The van der Waals surface area contributed by atoms with Gasteiger partial charge in [-0.3, -0.25) is 4.79 Å². The third-order valence-electron chi connectivity index (χ3n) is 7.63. The lowest BCUT2D eigenvalue weighted by Crippen LogP contribution is -2.77. The highest BCUT2D eigenvalue weighted by Crippen LogP contribution is 2.66. The molecule has 50 heavy (non-hydrogen) atoms. The van der Waals surface area contributed by atoms with E-state index < -0.39 is 77.7 Å². The molecule has 300 valence electrons. The highest BCUT2D eigenvalue weighted by molar-refractivity contribution is 6.22. The molecule has 0 aromatic carbocycles. The SMILES string of the molecule is CCCCCCCCN(CCCCCCCC)C(=O)C(F)(F)C(F)(F)C(F)(F)C(F)(F)C(F)(F)C(F)(F)C(F)(F)C(F)(F)C(F)(F)C(F)(F)Cl. The molecule has 0 aliphatic rings. The van der Waals surface area contributed by atoms with Gasteiger partial charge in [0.25, 0.3) is 5.91 Å². The van der Waals surface area contributed by atoms with Gasteiger partial charge in [0.15, 0.2) is 0 Å². The largest absolute Gasteiger partial charge is 0.393 e. The maximum absolute atomic E-state index is 14.8. The molecular formula is C27H34ClF20NO. The number of hydrogen-bond acceptors (Lipinski definition) is 1. The third-order valence-corrected chi connectivity index (χ3v) is 7.87. The van der Waals surface area contributed by atoms with Crippen molar-refractivity contribution in [1.82, 2.24) is 4.90 Å². The summed E-state index contributed by atoms with van der Waals surface area (Å²) >= 11 is 3.41. The molecule has 1 amide bonds. The number of alkyl halides is 21. The van der Waals surface area contributed by atoms with Crippen molar-refractivity contribution in [3.05, 3.63) is 0 Å². The van der Waals surface area contributed by atoms with Gasteiger partial charge in [-0.2, -0.15) is 87.8 Å². The van der Waals surface area contributed by atoms with Crippen LogP contribution in [0.25, 0.3) is 0 Å². The summed E-state index contributed by atoms with van der Waals surface area (Å²) in [4.78, 5) is 12.2. The molecule has 0 fully saturated rings. The summed E-state index contributed by atoms with van der Waals surface area (Å²) in [6.45, 7) is 1.70. The van der Waals surface area contributed by atoms with Gasteiger partial charge < -0.3 is 4.90 Å². The first kappa shape index (κ1) is 48.4. The number of unbranched alkanes of at least 4 members (excludes halogenated alkanes) is 10. The van der Waals surface area contributed by atoms with Crippen LogP contribution < -0.4 is 0 Å². The van der Waals surface area contributed by atoms with Gasteiger partial charge in [-0.15, -0.1) is 0 Å². The number of amides is 1. The van der Waals surface area contributed by atoms with Crippen molar-refractivity contribution >= 4 is 17.5 Å². The maximum Gasteiger partial charge on any atom is 0.393 e. The maximum atomic E-state index is 14.8. The fourth-order valence-electron chi connectivity index (χ4n) is 4.37. The molecule has 0 unspecified atom stereocenters. The van der Waals surface area contributed by atoms with E-state index in [1.54, 1.807) is 13.8 Å². The van der Waals surface area contributed by atoms with Gasteiger partial charge in [0.1, 0.15) is 0 Å². The van der Waals surface area contributed by atoms with Crippen LogP contribution in [-0.2, 0) is 4.79 Å². The summed E-state index contributed by atoms with van der Waals surface area (Å²) in [5.41, 5.74) is 0. The predicted octanol–water partition coefficient (Wildman–Crippen LogP) is 12.1. The first-order valence-corrected chi connectivity index (χ1v) is 15.3. The van der Waals surface area contributed by atoms with Crippen molar-refractivity contribution in [2.75, 3.05) is 13.1 Å². The smallest absolute Gasteiger partial charge is 0.337 e. The van der Waals surface area contributed by atoms with Crippen LogP contribution in [0.2, 0.25) is 0 Å². The predicted molar refractivity (Wildman–Crippen MR) is 139 cm³/mol. The molecule has 23 heteroatoms. The first-order chi connectivity index (χ1) is 22.2. The number of carbonyl (C=O) groups excluding carboxylic acids is 1. The van der Waals surface area contributed by atoms with Gasteiger partial charge in [-0.1, -0.05) is 78.1 Å². The molecule has 0 atom stereocenters. The van der Waals surface area contributed by atoms with Gasteiger partial charge in [0.05, 0.1) is 0 Å². The molecule has 0 spiro atoms. The Morgan fingerprint density at radius 3 is 0.920 bits per heavy atom. The molecule has 0 radical (unpaired) electrons. The van der Waals surface area contributed by atoms with Crippen molar-refractivity contribution < 1.29 is 92.6 Å². The van der Waals surface area contributed by atoms with Crippen molar-refractivity contribution in [1.29, 1.82) is 0 Å². The van der Waals surface area contributed by atoms with Gasteiger partial charge in [-0.25, -0.2) is 0 Å². The van der Waals surface area contributed by atoms with E-state index in [1.807, 2.05) is 0 Å². The second-order valence-electron chi connectivity index (χ2n) is 11.5. The summed E-state index contributed by atoms with van der Waals surface area (Å²) in [6, 6.07) is 0. The fraction of sp³-hybridized carbons (Fsp3) is 0.963. The average Bonchev–Trinajstić information content (AvgIpc) is 2.97. The second kappa shape index (κ2) is 16.6. The summed E-state index contributed by atoms with van der Waals surface area (Å²) in [5.74, 6) is -80.7. The molecule has 2 nitrogen and oxygen atoms in total. The van der Waals surface area contributed by atoms with E-state index in [1.165, 1.54) is 0 Å². The molecule has 0 saturated carbocycles. The molecular weight excluding hydrogens is 770 g/mol. The zero-order valence-corrected chi connectivity index (χ0v) is 26.9. The number of rotatable bonds is 24. The molecule has 0 aliphatic carbocycles. The minimum Gasteiger partial charge on any atom is -0.337 e. The Morgan fingerprint density at radius 1 is 0.400 bits per heavy atom. The van der Waals surface area contributed by atoms with Gasteiger partial charge in [0.2, 0.25) is 0 Å². The van der Waals surface area contributed by atoms with Crippen molar-refractivity contribution in [2.24, 2.45) is 0 Å². The zero-order chi connectivity index (χ0) is 40.1. The van der Waals surface area contributed by atoms with E-state index >= 15 is 0 Å². The fourth-order valence-corrected chi connectivity index (χ4v) is 4.49. The minimum absolute atomic E-state index is 0.103. The Bertz CT molecular complexity index is 1060. The highest BCUT2D eigenvalue weighted by atomic mass is 35.5. The molecule has 0 aliphatic heterocycles. The van der Waals surface area contributed by atoms with Crippen LogP contribution >= 0.6 is 11.6 Å². The average molecular weight is 804 g/mol. The lowest BCUT2D eigenvalue weighted by atomic mass is 9.86. The summed E-state index contributed by atoms with van der Waals surface area (Å²) in [7, 11) is 0. The van der Waals surface area contributed by atoms with Crippen LogP contribution in [0.15, 0.2) is 0 Å². The van der Waals surface area contributed by atoms with Crippen LogP contribution in [0.3, 0.4) is 0 Å². The van der Waals surface area contributed by atoms with E-state index in [9.17, 15) is 92.6 Å². The van der Waals surface area contributed by atoms with E-state index in [-0.39, 0.29) is 30.6 Å². The lowest BCUT2D eigenvalue weighted by Gasteiger charge is -2.44. The number of hydrogen-bond donors (Lipinski definition) is 0. The molecule has 0 saturated heterocycles. The second-order valence-corrected chi connectivity index (χ2v) is 12.0. The summed E-state index contributed by atoms with van der Waals surface area (Å²) < 4.78 is 279. The van der Waals surface area contributed by atoms with Crippen LogP contribution in [-0.4, -0.2) is 82.6 Å². The number of nitrogens with zero attached hydrogens (tertiary/aromatic N) is 1. The van der Waals surface area contributed by atoms with Crippen LogP contribution in [0.4, 0.5) is 87.8 Å². The Kier molecular flexibility index (Phi) is 16.0. The van der Waals surface area contributed by atoms with Gasteiger partial charge in [0, 0.05) is 13.1 Å². The summed E-state index contributed by atoms with van der Waals surface area (Å²) in [6.07, 6.45) is 4.21. The molecule has 0 N–H and O–H groups in total. The third kappa shape index (κ3) is 8.59. The molecule has 0 bridgehead atoms. The van der Waals surface area contributed by atoms with Crippen molar-refractivity contribution in [3.63, 3.8) is 0 Å². The Labute approximate surface area is 278 Å². The highest BCUT2D eigenvalue weighted by Gasteiger charge is 2.98. The van der Waals surface area contributed by atoms with E-state index in [0.29, 0.717) is 51.4 Å². The standard InChI is InChI=1S/C27H34ClF20NO/c1-3-5-7-9-11-13-15-49(16-14-12-10-8-6-4-2)17(50)18(29,30)19(31,32)20(33,34)21(35,36)22(37,38)23(39,40)24(41,42)25(43,44)26(45,46)27(28,47)48/h3-16H2,1-2H3. The van der Waals surface area contributed by atoms with Crippen LogP contribution in [0, 0.1) is 0 Å². The normalized spacial score (nSPS) is 15.1. The number of halogens is 21. The Morgan fingerprint density at radius 2 is 0.640 bits per heavy atom. The van der Waals surface area contributed by atoms with E-state index in [2.05, 4.69) is 11.6 Å². The van der Waals surface area contributed by atoms with Gasteiger partial charge in [-0.05, 0) is 24.4 Å². The van der Waals surface area contributed by atoms with Crippen molar-refractivity contribution in [2.45, 2.75) is 150 Å². The van der Waals surface area contributed by atoms with Gasteiger partial charge >= 0.3 is 58.7 Å². The minimum atomic E-state index is -9.16. The quantitative estimate of drug-likeness (QED) is 0.0541. The Hall–Kier alpha value is -1.64. The van der Waals surface area contributed by atoms with E-state index in [4.69, 9.17) is 0 Å². The lowest BCUT2D eigenvalue weighted by molar-refractivity contribution is -0.464. The number of carbonyl (C=O) groups is 1. The van der Waals surface area contributed by atoms with E-state index in [0.717, 1.165) is 0 Å². The first-order valence-electron chi connectivity index (χ1n) is 14.9. The van der Waals surface area contributed by atoms with Crippen molar-refractivity contribution in [3.8, 4) is 0 Å². The van der Waals surface area contributed by atoms with Crippen LogP contribution in [0.5, 0.6) is 0 Å². The van der Waals surface area contributed by atoms with Crippen LogP contribution in [0.1, 0.15) is 90.9 Å². The summed E-state index contributed by atoms with van der Waals surface area (Å²) in [5, 5.41) is -7.07. The topological polar surface area (TPSA) is 20.3 Å². The molecule has 0 aromatic heterocycles. The Balaban J connectivity index is 6.79. The molecule has 0 heterocycles. The molecule has 0 rings (SSSR count). The zero-order valence-electron chi connectivity index (χ0n) is 26.2. The molecule has 0 aromatic rings.